The molecule has 0 fully saturated rings. The van der Waals surface area contributed by atoms with Gasteiger partial charge in [-0.3, -0.25) is 0 Å². The largest absolute Gasteiger partial charge is 0.463 e. The Morgan fingerprint density at radius 1 is 0.559 bits per heavy atom. The lowest BCUT2D eigenvalue weighted by atomic mass is 10.0. The second kappa shape index (κ2) is 21.4. The van der Waals surface area contributed by atoms with Crippen molar-refractivity contribution in [2.75, 3.05) is 13.2 Å². The summed E-state index contributed by atoms with van der Waals surface area (Å²) in [6.07, 6.45) is 14.0. The fraction of sp³-hybridized carbons (Fsp3) is 0.667. The zero-order chi connectivity index (χ0) is 26.5. The van der Waals surface area contributed by atoms with Crippen molar-refractivity contribution in [3.8, 4) is 0 Å². The Balaban J connectivity index is 0. The molecule has 4 heteroatoms. The van der Waals surface area contributed by atoms with Gasteiger partial charge in [-0.15, -0.1) is 0 Å². The number of rotatable bonds is 14. The molecule has 4 nitrogen and oxygen atoms in total. The molecule has 0 aliphatic rings. The summed E-state index contributed by atoms with van der Waals surface area (Å²) in [6.45, 7) is 21.5. The lowest BCUT2D eigenvalue weighted by molar-refractivity contribution is -0.139. The van der Waals surface area contributed by atoms with E-state index in [9.17, 15) is 9.59 Å². The average Bonchev–Trinajstić information content (AvgIpc) is 2.66. The van der Waals surface area contributed by atoms with Crippen LogP contribution in [-0.2, 0) is 19.1 Å². The molecule has 0 bridgehead atoms. The monoisotopic (exact) mass is 476 g/mol. The first kappa shape index (κ1) is 34.1. The molecule has 0 spiro atoms. The topological polar surface area (TPSA) is 52.6 Å². The van der Waals surface area contributed by atoms with Gasteiger partial charge < -0.3 is 9.47 Å². The molecular formula is C30H52O4. The summed E-state index contributed by atoms with van der Waals surface area (Å²) >= 11 is 0. The average molecular weight is 477 g/mol. The third-order valence-corrected chi connectivity index (χ3v) is 4.95. The van der Waals surface area contributed by atoms with Crippen molar-refractivity contribution >= 4 is 11.9 Å². The summed E-state index contributed by atoms with van der Waals surface area (Å²) < 4.78 is 10.2. The van der Waals surface area contributed by atoms with Gasteiger partial charge in [0.05, 0.1) is 13.2 Å². The van der Waals surface area contributed by atoms with Crippen LogP contribution in [0.5, 0.6) is 0 Å². The zero-order valence-electron chi connectivity index (χ0n) is 23.8. The smallest absolute Gasteiger partial charge is 0.330 e. The van der Waals surface area contributed by atoms with Crippen molar-refractivity contribution < 1.29 is 19.1 Å². The fourth-order valence-electron chi connectivity index (χ4n) is 2.88. The van der Waals surface area contributed by atoms with Crippen LogP contribution in [0.25, 0.3) is 0 Å². The summed E-state index contributed by atoms with van der Waals surface area (Å²) in [7, 11) is 0. The first-order chi connectivity index (χ1) is 15.8. The van der Waals surface area contributed by atoms with Gasteiger partial charge in [-0.05, 0) is 106 Å². The Morgan fingerprint density at radius 3 is 1.15 bits per heavy atom. The van der Waals surface area contributed by atoms with E-state index in [1.54, 1.807) is 0 Å². The highest BCUT2D eigenvalue weighted by atomic mass is 16.5. The molecule has 2 atom stereocenters. The third kappa shape index (κ3) is 27.9. The van der Waals surface area contributed by atoms with Gasteiger partial charge >= 0.3 is 11.9 Å². The van der Waals surface area contributed by atoms with Crippen molar-refractivity contribution in [3.05, 3.63) is 46.6 Å². The van der Waals surface area contributed by atoms with Crippen LogP contribution in [0, 0.1) is 11.8 Å². The summed E-state index contributed by atoms with van der Waals surface area (Å²) in [6, 6.07) is 0. The molecule has 2 unspecified atom stereocenters. The van der Waals surface area contributed by atoms with Gasteiger partial charge in [0.1, 0.15) is 0 Å². The number of esters is 2. The molecule has 0 aliphatic heterocycles. The maximum absolute atomic E-state index is 11.2. The molecule has 34 heavy (non-hydrogen) atoms. The molecule has 0 aromatic carbocycles. The van der Waals surface area contributed by atoms with Crippen LogP contribution < -0.4 is 0 Å². The molecule has 0 rings (SSSR count). The molecular weight excluding hydrogens is 424 g/mol. The van der Waals surface area contributed by atoms with E-state index in [1.165, 1.54) is 23.3 Å². The van der Waals surface area contributed by atoms with Gasteiger partial charge in [0.2, 0.25) is 0 Å². The molecule has 0 saturated heterocycles. The lowest BCUT2D eigenvalue weighted by Crippen LogP contribution is -2.06. The normalized spacial score (nSPS) is 11.6. The van der Waals surface area contributed by atoms with Gasteiger partial charge in [0.15, 0.2) is 0 Å². The minimum Gasteiger partial charge on any atom is -0.463 e. The van der Waals surface area contributed by atoms with E-state index < -0.39 is 0 Å². The number of ether oxygens (including phenoxy) is 2. The molecule has 0 aliphatic carbocycles. The van der Waals surface area contributed by atoms with Gasteiger partial charge in [-0.25, -0.2) is 9.59 Å². The van der Waals surface area contributed by atoms with Crippen molar-refractivity contribution in [2.45, 2.75) is 108 Å². The Morgan fingerprint density at radius 2 is 0.882 bits per heavy atom. The van der Waals surface area contributed by atoms with E-state index in [0.29, 0.717) is 25.0 Å². The number of allylic oxidation sites excluding steroid dienone is 6. The van der Waals surface area contributed by atoms with Crippen LogP contribution in [-0.4, -0.2) is 25.2 Å². The summed E-state index contributed by atoms with van der Waals surface area (Å²) in [5.41, 5.74) is 4.69. The van der Waals surface area contributed by atoms with Crippen molar-refractivity contribution in [2.24, 2.45) is 11.8 Å². The van der Waals surface area contributed by atoms with Crippen LogP contribution >= 0.6 is 0 Å². The van der Waals surface area contributed by atoms with Crippen molar-refractivity contribution in [1.29, 1.82) is 0 Å². The summed E-state index contributed by atoms with van der Waals surface area (Å²) in [5.74, 6) is 0.762. The van der Waals surface area contributed by atoms with Crippen molar-refractivity contribution in [1.82, 2.24) is 0 Å². The Hall–Kier alpha value is -2.10. The van der Waals surface area contributed by atoms with E-state index in [1.807, 2.05) is 27.7 Å². The Labute approximate surface area is 210 Å². The molecule has 0 N–H and O–H groups in total. The second-order valence-corrected chi connectivity index (χ2v) is 10.3. The van der Waals surface area contributed by atoms with E-state index in [0.717, 1.165) is 49.7 Å². The lowest BCUT2D eigenvalue weighted by Gasteiger charge is -2.09. The molecule has 0 radical (unpaired) electrons. The van der Waals surface area contributed by atoms with Gasteiger partial charge in [0, 0.05) is 12.2 Å². The maximum Gasteiger partial charge on any atom is 0.330 e. The predicted molar refractivity (Wildman–Crippen MR) is 146 cm³/mol. The molecule has 0 heterocycles. The second-order valence-electron chi connectivity index (χ2n) is 10.3. The Bertz CT molecular complexity index is 619. The molecule has 196 valence electrons. The first-order valence-electron chi connectivity index (χ1n) is 12.7. The summed E-state index contributed by atoms with van der Waals surface area (Å²) in [5, 5.41) is 0. The van der Waals surface area contributed by atoms with Crippen molar-refractivity contribution in [3.63, 3.8) is 0 Å². The van der Waals surface area contributed by atoms with E-state index >= 15 is 0 Å². The fourth-order valence-corrected chi connectivity index (χ4v) is 2.88. The zero-order valence-corrected chi connectivity index (χ0v) is 23.8. The number of carbonyl (C=O) groups is 2. The summed E-state index contributed by atoms with van der Waals surface area (Å²) in [4.78, 5) is 22.5. The molecule has 0 aromatic heterocycles. The van der Waals surface area contributed by atoms with Gasteiger partial charge in [-0.2, -0.15) is 0 Å². The first-order valence-corrected chi connectivity index (χ1v) is 12.7. The van der Waals surface area contributed by atoms with E-state index in [4.69, 9.17) is 9.47 Å². The van der Waals surface area contributed by atoms with E-state index in [2.05, 4.69) is 53.7 Å². The molecule has 0 amide bonds. The molecule has 0 aromatic rings. The highest BCUT2D eigenvalue weighted by Gasteiger charge is 2.04. The van der Waals surface area contributed by atoms with Crippen LogP contribution in [0.4, 0.5) is 0 Å². The minimum absolute atomic E-state index is 0.221. The quantitative estimate of drug-likeness (QED) is 0.143. The number of carbonyl (C=O) groups excluding carboxylic acids is 2. The van der Waals surface area contributed by atoms with Crippen LogP contribution in [0.3, 0.4) is 0 Å². The number of hydrogen-bond donors (Lipinski definition) is 0. The number of hydrogen-bond acceptors (Lipinski definition) is 4. The van der Waals surface area contributed by atoms with Gasteiger partial charge in [0.25, 0.3) is 0 Å². The maximum atomic E-state index is 11.2. The Kier molecular flexibility index (Phi) is 21.5. The third-order valence-electron chi connectivity index (χ3n) is 4.95. The predicted octanol–water partition coefficient (Wildman–Crippen LogP) is 8.54. The highest BCUT2D eigenvalue weighted by Crippen LogP contribution is 2.13. The van der Waals surface area contributed by atoms with Gasteiger partial charge in [-0.1, -0.05) is 48.3 Å². The van der Waals surface area contributed by atoms with Crippen LogP contribution in [0.1, 0.15) is 108 Å². The van der Waals surface area contributed by atoms with Crippen LogP contribution in [0.15, 0.2) is 46.6 Å². The minimum atomic E-state index is -0.221. The molecule has 0 saturated carbocycles. The standard InChI is InChI=1S/2C15H26O2/c2*1-12(2)7-6-8-14(5)9-10-17-15(16)11-13(3)4/h2*7,11,14H,6,8-10H2,1-5H3. The van der Waals surface area contributed by atoms with Crippen LogP contribution in [0.2, 0.25) is 0 Å². The highest BCUT2D eigenvalue weighted by molar-refractivity contribution is 5.82. The van der Waals surface area contributed by atoms with E-state index in [-0.39, 0.29) is 11.9 Å². The SMILES string of the molecule is CC(C)=CCCC(C)CCOC(=O)C=C(C)C.CC(C)=CCCC(C)CCOC(=O)C=C(C)C.